The van der Waals surface area contributed by atoms with E-state index in [1.807, 2.05) is 41.0 Å². The number of para-hydroxylation sites is 2. The summed E-state index contributed by atoms with van der Waals surface area (Å²) in [6.07, 6.45) is 1.73. The van der Waals surface area contributed by atoms with E-state index >= 15 is 0 Å². The van der Waals surface area contributed by atoms with Crippen LogP contribution in [0.5, 0.6) is 0 Å². The summed E-state index contributed by atoms with van der Waals surface area (Å²) in [4.78, 5) is 4.60. The Hall–Kier alpha value is -2.18. The summed E-state index contributed by atoms with van der Waals surface area (Å²) in [5.74, 6) is 0. The summed E-state index contributed by atoms with van der Waals surface area (Å²) in [5.41, 5.74) is 3.01. The van der Waals surface area contributed by atoms with E-state index in [1.54, 1.807) is 18.5 Å². The molecule has 3 aromatic rings. The quantitative estimate of drug-likeness (QED) is 0.762. The van der Waals surface area contributed by atoms with E-state index in [-0.39, 0.29) is 10.3 Å². The molecule has 0 aliphatic rings. The highest BCUT2D eigenvalue weighted by Gasteiger charge is 2.17. The largest absolute Gasteiger partial charge is 0.329 e. The number of benzene rings is 2. The van der Waals surface area contributed by atoms with Gasteiger partial charge in [0, 0.05) is 13.1 Å². The van der Waals surface area contributed by atoms with Crippen molar-refractivity contribution in [3.63, 3.8) is 0 Å². The van der Waals surface area contributed by atoms with Crippen molar-refractivity contribution in [2.75, 3.05) is 6.54 Å². The van der Waals surface area contributed by atoms with Crippen LogP contribution in [0.3, 0.4) is 0 Å². The van der Waals surface area contributed by atoms with E-state index in [2.05, 4.69) is 30.5 Å². The highest BCUT2D eigenvalue weighted by molar-refractivity contribution is 7.89. The van der Waals surface area contributed by atoms with E-state index in [0.717, 1.165) is 16.6 Å². The molecular formula is C19H23N3O2S. The Morgan fingerprint density at radius 3 is 2.40 bits per heavy atom. The van der Waals surface area contributed by atoms with Crippen molar-refractivity contribution in [2.45, 2.75) is 37.6 Å². The maximum atomic E-state index is 12.4. The van der Waals surface area contributed by atoms with Gasteiger partial charge in [-0.25, -0.2) is 18.1 Å². The average molecular weight is 357 g/mol. The van der Waals surface area contributed by atoms with E-state index in [9.17, 15) is 8.42 Å². The van der Waals surface area contributed by atoms with Crippen LogP contribution in [-0.4, -0.2) is 24.5 Å². The van der Waals surface area contributed by atoms with Gasteiger partial charge in [0.15, 0.2) is 0 Å². The van der Waals surface area contributed by atoms with Gasteiger partial charge in [-0.05, 0) is 35.2 Å². The molecule has 0 fully saturated rings. The topological polar surface area (TPSA) is 64.0 Å². The standard InChI is InChI=1S/C19H23N3O2S/c1-19(2,3)15-8-10-16(11-9-15)25(23,24)21-12-13-22-14-20-17-6-4-5-7-18(17)22/h4-11,14,21H,12-13H2,1-3H3. The zero-order valence-corrected chi connectivity index (χ0v) is 15.5. The van der Waals surface area contributed by atoms with Gasteiger partial charge in [0.05, 0.1) is 22.3 Å². The Morgan fingerprint density at radius 2 is 1.72 bits per heavy atom. The highest BCUT2D eigenvalue weighted by Crippen LogP contribution is 2.23. The van der Waals surface area contributed by atoms with Gasteiger partial charge in [0.25, 0.3) is 0 Å². The van der Waals surface area contributed by atoms with Gasteiger partial charge in [-0.15, -0.1) is 0 Å². The number of imidazole rings is 1. The minimum Gasteiger partial charge on any atom is -0.329 e. The zero-order valence-electron chi connectivity index (χ0n) is 14.7. The first kappa shape index (κ1) is 17.6. The minimum absolute atomic E-state index is 0.00179. The van der Waals surface area contributed by atoms with Gasteiger partial charge in [0.1, 0.15) is 0 Å². The van der Waals surface area contributed by atoms with Crippen LogP contribution < -0.4 is 4.72 Å². The predicted molar refractivity (Wildman–Crippen MR) is 100 cm³/mol. The van der Waals surface area contributed by atoms with E-state index in [4.69, 9.17) is 0 Å². The first-order valence-electron chi connectivity index (χ1n) is 8.27. The first-order valence-corrected chi connectivity index (χ1v) is 9.76. The fourth-order valence-corrected chi connectivity index (χ4v) is 3.73. The molecule has 0 atom stereocenters. The van der Waals surface area contributed by atoms with Crippen molar-refractivity contribution in [1.29, 1.82) is 0 Å². The summed E-state index contributed by atoms with van der Waals surface area (Å²) < 4.78 is 29.5. The van der Waals surface area contributed by atoms with Gasteiger partial charge in [-0.3, -0.25) is 0 Å². The van der Waals surface area contributed by atoms with Crippen molar-refractivity contribution in [3.05, 3.63) is 60.4 Å². The summed E-state index contributed by atoms with van der Waals surface area (Å²) in [5, 5.41) is 0. The maximum Gasteiger partial charge on any atom is 0.240 e. The third-order valence-corrected chi connectivity index (χ3v) is 5.68. The first-order chi connectivity index (χ1) is 11.8. The number of nitrogens with one attached hydrogen (secondary N) is 1. The molecule has 0 aliphatic carbocycles. The third-order valence-electron chi connectivity index (χ3n) is 4.20. The molecule has 0 bridgehead atoms. The van der Waals surface area contributed by atoms with Crippen LogP contribution in [0.2, 0.25) is 0 Å². The number of hydrogen-bond donors (Lipinski definition) is 1. The maximum absolute atomic E-state index is 12.4. The second-order valence-electron chi connectivity index (χ2n) is 7.10. The number of fused-ring (bicyclic) bond motifs is 1. The van der Waals surface area contributed by atoms with Crippen LogP contribution >= 0.6 is 0 Å². The van der Waals surface area contributed by atoms with E-state index in [1.165, 1.54) is 0 Å². The number of hydrogen-bond acceptors (Lipinski definition) is 3. The summed E-state index contributed by atoms with van der Waals surface area (Å²) in [6.45, 7) is 7.14. The van der Waals surface area contributed by atoms with Gasteiger partial charge in [-0.2, -0.15) is 0 Å². The fraction of sp³-hybridized carbons (Fsp3) is 0.316. The number of rotatable bonds is 5. The van der Waals surface area contributed by atoms with Crippen LogP contribution in [0.25, 0.3) is 11.0 Å². The monoisotopic (exact) mass is 357 g/mol. The summed E-state index contributed by atoms with van der Waals surface area (Å²) in [6, 6.07) is 14.9. The Labute approximate surface area is 148 Å². The molecule has 0 spiro atoms. The lowest BCUT2D eigenvalue weighted by molar-refractivity contribution is 0.572. The molecule has 1 heterocycles. The molecule has 2 aromatic carbocycles. The molecule has 5 nitrogen and oxygen atoms in total. The SMILES string of the molecule is CC(C)(C)c1ccc(S(=O)(=O)NCCn2cnc3ccccc32)cc1. The fourth-order valence-electron chi connectivity index (χ4n) is 2.71. The second-order valence-corrected chi connectivity index (χ2v) is 8.87. The molecule has 0 saturated carbocycles. The second kappa shape index (κ2) is 6.61. The minimum atomic E-state index is -3.51. The predicted octanol–water partition coefficient (Wildman–Crippen LogP) is 3.31. The molecule has 0 aliphatic heterocycles. The smallest absolute Gasteiger partial charge is 0.240 e. The van der Waals surface area contributed by atoms with Gasteiger partial charge >= 0.3 is 0 Å². The summed E-state index contributed by atoms with van der Waals surface area (Å²) >= 11 is 0. The van der Waals surface area contributed by atoms with Crippen molar-refractivity contribution >= 4 is 21.1 Å². The van der Waals surface area contributed by atoms with E-state index in [0.29, 0.717) is 13.1 Å². The Kier molecular flexibility index (Phi) is 4.67. The lowest BCUT2D eigenvalue weighted by Gasteiger charge is -2.19. The molecule has 0 amide bonds. The van der Waals surface area contributed by atoms with Crippen molar-refractivity contribution in [2.24, 2.45) is 0 Å². The van der Waals surface area contributed by atoms with Crippen LogP contribution in [0.4, 0.5) is 0 Å². The molecule has 132 valence electrons. The lowest BCUT2D eigenvalue weighted by Crippen LogP contribution is -2.27. The Bertz CT molecular complexity index is 968. The van der Waals surface area contributed by atoms with Crippen LogP contribution in [0, 0.1) is 0 Å². The van der Waals surface area contributed by atoms with Crippen LogP contribution in [0.1, 0.15) is 26.3 Å². The normalized spacial score (nSPS) is 12.6. The molecular weight excluding hydrogens is 334 g/mol. The Morgan fingerprint density at radius 1 is 1.04 bits per heavy atom. The molecule has 0 unspecified atom stereocenters. The van der Waals surface area contributed by atoms with Crippen molar-refractivity contribution in [3.8, 4) is 0 Å². The molecule has 25 heavy (non-hydrogen) atoms. The highest BCUT2D eigenvalue weighted by atomic mass is 32.2. The van der Waals surface area contributed by atoms with Gasteiger partial charge in [-0.1, -0.05) is 45.0 Å². The molecule has 1 aromatic heterocycles. The molecule has 3 rings (SSSR count). The number of aromatic nitrogens is 2. The van der Waals surface area contributed by atoms with Crippen molar-refractivity contribution < 1.29 is 8.42 Å². The lowest BCUT2D eigenvalue weighted by atomic mass is 9.87. The van der Waals surface area contributed by atoms with Crippen molar-refractivity contribution in [1.82, 2.24) is 14.3 Å². The van der Waals surface area contributed by atoms with Crippen LogP contribution in [0.15, 0.2) is 59.8 Å². The average Bonchev–Trinajstić information content (AvgIpc) is 2.97. The molecule has 1 N–H and O–H groups in total. The number of nitrogens with zero attached hydrogens (tertiary/aromatic N) is 2. The number of sulfonamides is 1. The van der Waals surface area contributed by atoms with E-state index < -0.39 is 10.0 Å². The third kappa shape index (κ3) is 3.91. The Balaban J connectivity index is 1.67. The molecule has 6 heteroatoms. The molecule has 0 radical (unpaired) electrons. The molecule has 0 saturated heterocycles. The summed E-state index contributed by atoms with van der Waals surface area (Å²) in [7, 11) is -3.51. The van der Waals surface area contributed by atoms with Crippen LogP contribution in [-0.2, 0) is 22.0 Å². The van der Waals surface area contributed by atoms with Gasteiger partial charge in [0.2, 0.25) is 10.0 Å². The van der Waals surface area contributed by atoms with Gasteiger partial charge < -0.3 is 4.57 Å². The zero-order chi connectivity index (χ0) is 18.1.